The maximum atomic E-state index is 9.40. The average Bonchev–Trinajstić information content (AvgIpc) is 2.09. The molecule has 1 nitrogen and oxygen atoms in total. The summed E-state index contributed by atoms with van der Waals surface area (Å²) >= 11 is 0. The van der Waals surface area contributed by atoms with E-state index in [1.165, 1.54) is 11.1 Å². The van der Waals surface area contributed by atoms with Crippen LogP contribution in [0, 0.1) is 6.92 Å². The topological polar surface area (TPSA) is 20.2 Å². The second-order valence-electron chi connectivity index (χ2n) is 3.31. The second kappa shape index (κ2) is 4.13. The van der Waals surface area contributed by atoms with Crippen LogP contribution in [-0.2, 0) is 0 Å². The van der Waals surface area contributed by atoms with E-state index < -0.39 is 0 Å². The second-order valence-corrected chi connectivity index (χ2v) is 3.31. The molecule has 1 aromatic carbocycles. The number of hydrogen-bond donors (Lipinski definition) is 1. The third kappa shape index (κ3) is 2.11. The summed E-state index contributed by atoms with van der Waals surface area (Å²) in [4.78, 5) is 0. The van der Waals surface area contributed by atoms with E-state index in [2.05, 4.69) is 26.5 Å². The van der Waals surface area contributed by atoms with Crippen molar-refractivity contribution in [3.63, 3.8) is 0 Å². The summed E-state index contributed by atoms with van der Waals surface area (Å²) in [5.74, 6) is 0.345. The fraction of sp³-hybridized carbons (Fsp3) is 0.333. The van der Waals surface area contributed by atoms with Gasteiger partial charge in [-0.1, -0.05) is 37.8 Å². The predicted octanol–water partition coefficient (Wildman–Crippen LogP) is 3.56. The van der Waals surface area contributed by atoms with E-state index in [1.807, 2.05) is 18.2 Å². The Morgan fingerprint density at radius 2 is 2.08 bits per heavy atom. The molecule has 0 fully saturated rings. The monoisotopic (exact) mass is 176 g/mol. The zero-order valence-electron chi connectivity index (χ0n) is 8.25. The lowest BCUT2D eigenvalue weighted by atomic mass is 9.91. The smallest absolute Gasteiger partial charge is 0.0925 e. The highest BCUT2D eigenvalue weighted by Crippen LogP contribution is 2.27. The molecule has 1 heteroatoms. The third-order valence-electron chi connectivity index (χ3n) is 2.37. The van der Waals surface area contributed by atoms with E-state index in [1.54, 1.807) is 0 Å². The fourth-order valence-corrected chi connectivity index (χ4v) is 1.61. The van der Waals surface area contributed by atoms with Gasteiger partial charge >= 0.3 is 0 Å². The average molecular weight is 176 g/mol. The zero-order chi connectivity index (χ0) is 9.84. The first-order chi connectivity index (χ1) is 6.16. The van der Waals surface area contributed by atoms with Crippen LogP contribution in [-0.4, -0.2) is 5.11 Å². The van der Waals surface area contributed by atoms with Crippen molar-refractivity contribution in [1.29, 1.82) is 0 Å². The molecule has 1 aromatic rings. The van der Waals surface area contributed by atoms with Gasteiger partial charge in [0.1, 0.15) is 0 Å². The van der Waals surface area contributed by atoms with E-state index in [0.29, 0.717) is 0 Å². The molecule has 1 atom stereocenters. The maximum Gasteiger partial charge on any atom is 0.0925 e. The number of hydrogen-bond acceptors (Lipinski definition) is 1. The molecular weight excluding hydrogens is 160 g/mol. The highest BCUT2D eigenvalue weighted by atomic mass is 16.3. The summed E-state index contributed by atoms with van der Waals surface area (Å²) in [5, 5.41) is 9.40. The fourth-order valence-electron chi connectivity index (χ4n) is 1.61. The summed E-state index contributed by atoms with van der Waals surface area (Å²) in [6, 6.07) is 8.10. The Kier molecular flexibility index (Phi) is 3.13. The molecule has 0 bridgehead atoms. The molecule has 0 aliphatic heterocycles. The molecular formula is C12H16O. The Balaban J connectivity index is 3.04. The van der Waals surface area contributed by atoms with Crippen LogP contribution in [0.3, 0.4) is 0 Å². The molecule has 0 aromatic heterocycles. The first kappa shape index (κ1) is 9.85. The van der Waals surface area contributed by atoms with Gasteiger partial charge in [-0.2, -0.15) is 0 Å². The number of allylic oxidation sites excluding steroid dienone is 1. The third-order valence-corrected chi connectivity index (χ3v) is 2.37. The van der Waals surface area contributed by atoms with Gasteiger partial charge in [0.2, 0.25) is 0 Å². The van der Waals surface area contributed by atoms with E-state index >= 15 is 0 Å². The Bertz CT molecular complexity index is 302. The summed E-state index contributed by atoms with van der Waals surface area (Å²) < 4.78 is 0. The van der Waals surface area contributed by atoms with Crippen molar-refractivity contribution in [2.24, 2.45) is 0 Å². The number of aliphatic hydroxyl groups excluding tert-OH is 1. The molecule has 1 N–H and O–H groups in total. The molecule has 70 valence electrons. The molecule has 0 radical (unpaired) electrons. The van der Waals surface area contributed by atoms with Crippen molar-refractivity contribution in [1.82, 2.24) is 0 Å². The minimum absolute atomic E-state index is 0.0844. The molecule has 0 aliphatic rings. The van der Waals surface area contributed by atoms with Gasteiger partial charge in [-0.3, -0.25) is 0 Å². The number of benzene rings is 1. The molecule has 1 unspecified atom stereocenters. The first-order valence-electron chi connectivity index (χ1n) is 4.60. The maximum absolute atomic E-state index is 9.40. The van der Waals surface area contributed by atoms with Crippen LogP contribution in [0.15, 0.2) is 36.6 Å². The van der Waals surface area contributed by atoms with E-state index in [4.69, 9.17) is 0 Å². The van der Waals surface area contributed by atoms with Crippen molar-refractivity contribution in [3.05, 3.63) is 47.7 Å². The molecule has 0 saturated carbocycles. The number of aliphatic hydroxyl groups is 1. The van der Waals surface area contributed by atoms with Gasteiger partial charge in [-0.25, -0.2) is 0 Å². The van der Waals surface area contributed by atoms with Crippen LogP contribution >= 0.6 is 0 Å². The SMILES string of the molecule is C=C(O)C(CC)c1ccccc1C. The highest BCUT2D eigenvalue weighted by Gasteiger charge is 2.13. The van der Waals surface area contributed by atoms with Crippen LogP contribution in [0.2, 0.25) is 0 Å². The van der Waals surface area contributed by atoms with Crippen LogP contribution in [0.4, 0.5) is 0 Å². The summed E-state index contributed by atoms with van der Waals surface area (Å²) in [6.07, 6.45) is 0.889. The van der Waals surface area contributed by atoms with Crippen molar-refractivity contribution in [2.75, 3.05) is 0 Å². The van der Waals surface area contributed by atoms with Gasteiger partial charge in [-0.15, -0.1) is 0 Å². The Hall–Kier alpha value is -1.24. The van der Waals surface area contributed by atoms with Crippen molar-refractivity contribution >= 4 is 0 Å². The largest absolute Gasteiger partial charge is 0.512 e. The number of rotatable bonds is 3. The van der Waals surface area contributed by atoms with Gasteiger partial charge in [-0.05, 0) is 24.5 Å². The van der Waals surface area contributed by atoms with Gasteiger partial charge in [0.25, 0.3) is 0 Å². The quantitative estimate of drug-likeness (QED) is 0.698. The first-order valence-corrected chi connectivity index (χ1v) is 4.60. The van der Waals surface area contributed by atoms with Crippen LogP contribution in [0.25, 0.3) is 0 Å². The van der Waals surface area contributed by atoms with E-state index in [0.717, 1.165) is 6.42 Å². The van der Waals surface area contributed by atoms with Gasteiger partial charge < -0.3 is 5.11 Å². The lowest BCUT2D eigenvalue weighted by molar-refractivity contribution is 0.366. The Labute approximate surface area is 79.7 Å². The van der Waals surface area contributed by atoms with Crippen molar-refractivity contribution < 1.29 is 5.11 Å². The molecule has 0 heterocycles. The normalized spacial score (nSPS) is 12.5. The number of aryl methyl sites for hydroxylation is 1. The van der Waals surface area contributed by atoms with Crippen LogP contribution in [0.5, 0.6) is 0 Å². The minimum Gasteiger partial charge on any atom is -0.512 e. The standard InChI is InChI=1S/C12H16O/c1-4-11(10(3)13)12-8-6-5-7-9(12)2/h5-8,11,13H,3-4H2,1-2H3. The molecule has 1 rings (SSSR count). The summed E-state index contributed by atoms with van der Waals surface area (Å²) in [7, 11) is 0. The minimum atomic E-state index is 0.0844. The highest BCUT2D eigenvalue weighted by molar-refractivity contribution is 5.32. The lowest BCUT2D eigenvalue weighted by Crippen LogP contribution is -2.01. The Morgan fingerprint density at radius 3 is 2.54 bits per heavy atom. The zero-order valence-corrected chi connectivity index (χ0v) is 8.25. The van der Waals surface area contributed by atoms with Gasteiger partial charge in [0, 0.05) is 5.92 Å². The van der Waals surface area contributed by atoms with Gasteiger partial charge in [0.15, 0.2) is 0 Å². The van der Waals surface area contributed by atoms with Crippen molar-refractivity contribution in [2.45, 2.75) is 26.2 Å². The molecule has 0 saturated heterocycles. The Morgan fingerprint density at radius 1 is 1.46 bits per heavy atom. The predicted molar refractivity (Wildman–Crippen MR) is 56.0 cm³/mol. The summed E-state index contributed by atoms with van der Waals surface area (Å²) in [6.45, 7) is 7.71. The molecule has 0 aliphatic carbocycles. The summed E-state index contributed by atoms with van der Waals surface area (Å²) in [5.41, 5.74) is 2.39. The van der Waals surface area contributed by atoms with E-state index in [9.17, 15) is 5.11 Å². The van der Waals surface area contributed by atoms with Crippen molar-refractivity contribution in [3.8, 4) is 0 Å². The molecule has 0 amide bonds. The lowest BCUT2D eigenvalue weighted by Gasteiger charge is -2.15. The van der Waals surface area contributed by atoms with Gasteiger partial charge in [0.05, 0.1) is 5.76 Å². The molecule has 13 heavy (non-hydrogen) atoms. The molecule has 0 spiro atoms. The van der Waals surface area contributed by atoms with Crippen LogP contribution < -0.4 is 0 Å². The van der Waals surface area contributed by atoms with E-state index in [-0.39, 0.29) is 11.7 Å². The van der Waals surface area contributed by atoms with Crippen LogP contribution in [0.1, 0.15) is 30.4 Å².